The molecule has 1 aromatic carbocycles. The van der Waals surface area contributed by atoms with Crippen molar-refractivity contribution in [3.05, 3.63) is 53.4 Å². The third kappa shape index (κ3) is 4.99. The van der Waals surface area contributed by atoms with E-state index in [1.165, 1.54) is 12.1 Å². The normalized spacial score (nSPS) is 13.9. The third-order valence-electron chi connectivity index (χ3n) is 5.36. The van der Waals surface area contributed by atoms with E-state index in [2.05, 4.69) is 48.8 Å². The van der Waals surface area contributed by atoms with Crippen molar-refractivity contribution in [2.75, 3.05) is 59.3 Å². The highest BCUT2D eigenvalue weighted by atomic mass is 35.5. The summed E-state index contributed by atoms with van der Waals surface area (Å²) >= 11 is 6.32. The molecular formula is C22H26ClFN8. The second-order valence-electron chi connectivity index (χ2n) is 7.35. The van der Waals surface area contributed by atoms with E-state index in [4.69, 9.17) is 16.6 Å². The molecule has 32 heavy (non-hydrogen) atoms. The van der Waals surface area contributed by atoms with Crippen molar-refractivity contribution in [3.8, 4) is 0 Å². The first kappa shape index (κ1) is 22.0. The van der Waals surface area contributed by atoms with Crippen LogP contribution in [0.2, 0.25) is 5.02 Å². The average molecular weight is 457 g/mol. The van der Waals surface area contributed by atoms with Crippen molar-refractivity contribution in [3.63, 3.8) is 0 Å². The molecule has 10 heteroatoms. The molecule has 0 aliphatic carbocycles. The zero-order valence-electron chi connectivity index (χ0n) is 18.2. The maximum atomic E-state index is 13.3. The summed E-state index contributed by atoms with van der Waals surface area (Å²) in [5.74, 6) is 2.16. The van der Waals surface area contributed by atoms with Crippen LogP contribution in [0, 0.1) is 5.82 Å². The van der Waals surface area contributed by atoms with Gasteiger partial charge in [-0.3, -0.25) is 0 Å². The lowest BCUT2D eigenvalue weighted by atomic mass is 10.3. The number of benzene rings is 1. The Bertz CT molecular complexity index is 1040. The Morgan fingerprint density at radius 2 is 1.66 bits per heavy atom. The van der Waals surface area contributed by atoms with Crippen LogP contribution in [0.25, 0.3) is 0 Å². The summed E-state index contributed by atoms with van der Waals surface area (Å²) in [6, 6.07) is 9.80. The molecule has 0 radical (unpaired) electrons. The minimum Gasteiger partial charge on any atom is -0.352 e. The Kier molecular flexibility index (Phi) is 6.84. The van der Waals surface area contributed by atoms with Crippen LogP contribution in [0.1, 0.15) is 13.8 Å². The number of pyridine rings is 1. The standard InChI is InChI=1S/C22H26ClFN8/c1-3-30(4-2)21-27-20(26-17-9-7-16(24)8-10-17)28-22(29-21)32-14-12-31(13-15-32)19-18(23)6-5-11-25-19/h5-11H,3-4,12-15H2,1-2H3,(H,26,27,28,29). The van der Waals surface area contributed by atoms with E-state index in [0.717, 1.165) is 45.1 Å². The van der Waals surface area contributed by atoms with E-state index in [1.54, 1.807) is 18.3 Å². The lowest BCUT2D eigenvalue weighted by molar-refractivity contribution is 0.628. The van der Waals surface area contributed by atoms with E-state index in [1.807, 2.05) is 12.1 Å². The molecule has 1 aliphatic heterocycles. The van der Waals surface area contributed by atoms with Crippen LogP contribution in [0.5, 0.6) is 0 Å². The predicted molar refractivity (Wildman–Crippen MR) is 127 cm³/mol. The Hall–Kier alpha value is -3.20. The first-order valence-corrected chi connectivity index (χ1v) is 11.1. The molecule has 1 fully saturated rings. The molecular weight excluding hydrogens is 431 g/mol. The number of halogens is 2. The van der Waals surface area contributed by atoms with Crippen molar-refractivity contribution in [1.29, 1.82) is 0 Å². The Morgan fingerprint density at radius 3 is 2.31 bits per heavy atom. The fraction of sp³-hybridized carbons (Fsp3) is 0.364. The number of aromatic nitrogens is 4. The first-order valence-electron chi connectivity index (χ1n) is 10.7. The van der Waals surface area contributed by atoms with E-state index in [0.29, 0.717) is 28.6 Å². The van der Waals surface area contributed by atoms with Gasteiger partial charge in [0.05, 0.1) is 5.02 Å². The summed E-state index contributed by atoms with van der Waals surface area (Å²) in [5, 5.41) is 3.82. The molecule has 2 aromatic heterocycles. The maximum Gasteiger partial charge on any atom is 0.233 e. The number of rotatable bonds is 7. The fourth-order valence-electron chi connectivity index (χ4n) is 3.59. The second-order valence-corrected chi connectivity index (χ2v) is 7.75. The molecule has 1 aliphatic rings. The zero-order chi connectivity index (χ0) is 22.5. The number of anilines is 5. The largest absolute Gasteiger partial charge is 0.352 e. The Labute approximate surface area is 192 Å². The molecule has 4 rings (SSSR count). The summed E-state index contributed by atoms with van der Waals surface area (Å²) in [6.45, 7) is 8.65. The molecule has 0 amide bonds. The van der Waals surface area contributed by atoms with Crippen molar-refractivity contribution < 1.29 is 4.39 Å². The molecule has 0 bridgehead atoms. The minimum absolute atomic E-state index is 0.290. The van der Waals surface area contributed by atoms with Gasteiger partial charge in [0.15, 0.2) is 0 Å². The van der Waals surface area contributed by atoms with Gasteiger partial charge in [-0.15, -0.1) is 0 Å². The Balaban J connectivity index is 1.56. The highest BCUT2D eigenvalue weighted by Crippen LogP contribution is 2.25. The topological polar surface area (TPSA) is 73.3 Å². The third-order valence-corrected chi connectivity index (χ3v) is 5.65. The van der Waals surface area contributed by atoms with Gasteiger partial charge in [-0.1, -0.05) is 11.6 Å². The summed E-state index contributed by atoms with van der Waals surface area (Å²) in [5.41, 5.74) is 0.712. The molecule has 168 valence electrons. The molecule has 0 spiro atoms. The van der Waals surface area contributed by atoms with Crippen LogP contribution in [0.3, 0.4) is 0 Å². The lowest BCUT2D eigenvalue weighted by Gasteiger charge is -2.36. The van der Waals surface area contributed by atoms with Crippen LogP contribution in [0.15, 0.2) is 42.6 Å². The van der Waals surface area contributed by atoms with E-state index in [-0.39, 0.29) is 5.82 Å². The Morgan fingerprint density at radius 1 is 0.969 bits per heavy atom. The van der Waals surface area contributed by atoms with Gasteiger partial charge in [-0.2, -0.15) is 15.0 Å². The molecule has 0 saturated carbocycles. The van der Waals surface area contributed by atoms with Crippen LogP contribution in [0.4, 0.5) is 33.7 Å². The summed E-state index contributed by atoms with van der Waals surface area (Å²) in [4.78, 5) is 24.8. The quantitative estimate of drug-likeness (QED) is 0.572. The summed E-state index contributed by atoms with van der Waals surface area (Å²) < 4.78 is 13.3. The monoisotopic (exact) mass is 456 g/mol. The maximum absolute atomic E-state index is 13.3. The molecule has 3 aromatic rings. The molecule has 0 unspecified atom stereocenters. The van der Waals surface area contributed by atoms with Crippen LogP contribution < -0.4 is 20.0 Å². The molecule has 8 nitrogen and oxygen atoms in total. The minimum atomic E-state index is -0.290. The zero-order valence-corrected chi connectivity index (χ0v) is 18.9. The number of hydrogen-bond acceptors (Lipinski definition) is 8. The van der Waals surface area contributed by atoms with Gasteiger partial charge < -0.3 is 20.0 Å². The highest BCUT2D eigenvalue weighted by molar-refractivity contribution is 6.32. The van der Waals surface area contributed by atoms with Crippen molar-refractivity contribution in [2.45, 2.75) is 13.8 Å². The van der Waals surface area contributed by atoms with E-state index >= 15 is 0 Å². The van der Waals surface area contributed by atoms with Gasteiger partial charge in [0, 0.05) is 51.2 Å². The molecule has 1 N–H and O–H groups in total. The second kappa shape index (κ2) is 9.95. The van der Waals surface area contributed by atoms with Crippen LogP contribution in [-0.2, 0) is 0 Å². The van der Waals surface area contributed by atoms with Crippen molar-refractivity contribution >= 4 is 41.0 Å². The molecule has 0 atom stereocenters. The number of hydrogen-bond donors (Lipinski definition) is 1. The van der Waals surface area contributed by atoms with Crippen molar-refractivity contribution in [1.82, 2.24) is 19.9 Å². The average Bonchev–Trinajstić information content (AvgIpc) is 2.82. The number of piperazine rings is 1. The van der Waals surface area contributed by atoms with E-state index in [9.17, 15) is 4.39 Å². The van der Waals surface area contributed by atoms with Gasteiger partial charge in [0.2, 0.25) is 17.8 Å². The van der Waals surface area contributed by atoms with Gasteiger partial charge in [0.25, 0.3) is 0 Å². The van der Waals surface area contributed by atoms with Crippen LogP contribution in [-0.4, -0.2) is 59.2 Å². The SMILES string of the molecule is CCN(CC)c1nc(Nc2ccc(F)cc2)nc(N2CCN(c3ncccc3Cl)CC2)n1. The first-order chi connectivity index (χ1) is 15.6. The smallest absolute Gasteiger partial charge is 0.233 e. The van der Waals surface area contributed by atoms with Gasteiger partial charge in [-0.05, 0) is 50.2 Å². The summed E-state index contributed by atoms with van der Waals surface area (Å²) in [6.07, 6.45) is 1.75. The number of nitrogens with zero attached hydrogens (tertiary/aromatic N) is 7. The van der Waals surface area contributed by atoms with Crippen molar-refractivity contribution in [2.24, 2.45) is 0 Å². The van der Waals surface area contributed by atoms with Crippen LogP contribution >= 0.6 is 11.6 Å². The highest BCUT2D eigenvalue weighted by Gasteiger charge is 2.23. The fourth-order valence-corrected chi connectivity index (χ4v) is 3.83. The van der Waals surface area contributed by atoms with Gasteiger partial charge in [-0.25, -0.2) is 9.37 Å². The van der Waals surface area contributed by atoms with Gasteiger partial charge >= 0.3 is 0 Å². The van der Waals surface area contributed by atoms with Gasteiger partial charge in [0.1, 0.15) is 11.6 Å². The number of nitrogens with one attached hydrogen (secondary N) is 1. The molecule has 3 heterocycles. The van der Waals surface area contributed by atoms with E-state index < -0.39 is 0 Å². The molecule has 1 saturated heterocycles. The summed E-state index contributed by atoms with van der Waals surface area (Å²) in [7, 11) is 0. The predicted octanol–water partition coefficient (Wildman–Crippen LogP) is 3.98. The lowest BCUT2D eigenvalue weighted by Crippen LogP contribution is -2.47.